The molecule has 88 valence electrons. The van der Waals surface area contributed by atoms with Crippen LogP contribution in [0.4, 0.5) is 5.95 Å². The van der Waals surface area contributed by atoms with Gasteiger partial charge in [0.25, 0.3) is 0 Å². The topological polar surface area (TPSA) is 59.9 Å². The molecule has 2 rings (SSSR count). The fourth-order valence-electron chi connectivity index (χ4n) is 1.41. The van der Waals surface area contributed by atoms with Crippen LogP contribution in [-0.4, -0.2) is 22.1 Å². The third kappa shape index (κ3) is 3.14. The zero-order valence-electron chi connectivity index (χ0n) is 9.84. The average Bonchev–Trinajstić information content (AvgIpc) is 2.37. The molecule has 17 heavy (non-hydrogen) atoms. The highest BCUT2D eigenvalue weighted by Gasteiger charge is 2.01. The van der Waals surface area contributed by atoms with Crippen molar-refractivity contribution in [3.8, 4) is 5.88 Å². The molecular formula is C12H14N4O. The van der Waals surface area contributed by atoms with Crippen molar-refractivity contribution in [3.63, 3.8) is 0 Å². The molecule has 0 amide bonds. The number of nitrogens with one attached hydrogen (secondary N) is 1. The number of anilines is 1. The fraction of sp³-hybridized carbons (Fsp3) is 0.250. The molecule has 0 atom stereocenters. The summed E-state index contributed by atoms with van der Waals surface area (Å²) in [4.78, 5) is 12.4. The molecule has 2 aromatic rings. The van der Waals surface area contributed by atoms with Gasteiger partial charge in [-0.2, -0.15) is 4.98 Å². The van der Waals surface area contributed by atoms with Crippen molar-refractivity contribution in [1.82, 2.24) is 15.0 Å². The SMILES string of the molecule is COc1cc(C)nc(NCc2ccncc2)n1. The highest BCUT2D eigenvalue weighted by molar-refractivity contribution is 5.31. The standard InChI is InChI=1S/C12H14N4O/c1-9-7-11(17-2)16-12(15-9)14-8-10-3-5-13-6-4-10/h3-7H,8H2,1-2H3,(H,14,15,16). The summed E-state index contributed by atoms with van der Waals surface area (Å²) in [5, 5.41) is 3.15. The first-order valence-electron chi connectivity index (χ1n) is 5.30. The molecule has 5 heteroatoms. The number of aromatic nitrogens is 3. The molecule has 0 aliphatic rings. The van der Waals surface area contributed by atoms with Crippen LogP contribution >= 0.6 is 0 Å². The molecule has 0 fully saturated rings. The van der Waals surface area contributed by atoms with E-state index in [0.717, 1.165) is 11.3 Å². The third-order valence-electron chi connectivity index (χ3n) is 2.24. The summed E-state index contributed by atoms with van der Waals surface area (Å²) in [6, 6.07) is 5.68. The normalized spacial score (nSPS) is 10.0. The Balaban J connectivity index is 2.06. The number of rotatable bonds is 4. The minimum Gasteiger partial charge on any atom is -0.481 e. The zero-order chi connectivity index (χ0) is 12.1. The van der Waals surface area contributed by atoms with Crippen LogP contribution in [0.3, 0.4) is 0 Å². The van der Waals surface area contributed by atoms with Crippen LogP contribution in [0.5, 0.6) is 5.88 Å². The Morgan fingerprint density at radius 1 is 1.24 bits per heavy atom. The van der Waals surface area contributed by atoms with Crippen LogP contribution in [-0.2, 0) is 6.54 Å². The Labute approximate surface area is 99.9 Å². The summed E-state index contributed by atoms with van der Waals surface area (Å²) in [6.07, 6.45) is 3.52. The van der Waals surface area contributed by atoms with Gasteiger partial charge in [0.05, 0.1) is 7.11 Å². The van der Waals surface area contributed by atoms with E-state index in [2.05, 4.69) is 20.3 Å². The van der Waals surface area contributed by atoms with E-state index in [1.54, 1.807) is 25.6 Å². The van der Waals surface area contributed by atoms with E-state index in [-0.39, 0.29) is 0 Å². The number of aryl methyl sites for hydroxylation is 1. The van der Waals surface area contributed by atoms with E-state index in [0.29, 0.717) is 18.4 Å². The number of pyridine rings is 1. The summed E-state index contributed by atoms with van der Waals surface area (Å²) in [6.45, 7) is 2.57. The highest BCUT2D eigenvalue weighted by Crippen LogP contribution is 2.11. The summed E-state index contributed by atoms with van der Waals surface area (Å²) in [5.41, 5.74) is 2.00. The van der Waals surface area contributed by atoms with Crippen LogP contribution in [0.15, 0.2) is 30.6 Å². The van der Waals surface area contributed by atoms with E-state index >= 15 is 0 Å². The molecule has 5 nitrogen and oxygen atoms in total. The number of ether oxygens (including phenoxy) is 1. The molecule has 2 aromatic heterocycles. The van der Waals surface area contributed by atoms with Gasteiger partial charge in [-0.05, 0) is 24.6 Å². The van der Waals surface area contributed by atoms with Gasteiger partial charge in [-0.15, -0.1) is 0 Å². The van der Waals surface area contributed by atoms with Gasteiger partial charge in [-0.1, -0.05) is 0 Å². The molecule has 1 N–H and O–H groups in total. The van der Waals surface area contributed by atoms with Crippen molar-refractivity contribution >= 4 is 5.95 Å². The van der Waals surface area contributed by atoms with Crippen molar-refractivity contribution in [2.45, 2.75) is 13.5 Å². The third-order valence-corrected chi connectivity index (χ3v) is 2.24. The molecule has 2 heterocycles. The van der Waals surface area contributed by atoms with Crippen LogP contribution in [0.2, 0.25) is 0 Å². The monoisotopic (exact) mass is 230 g/mol. The first-order chi connectivity index (χ1) is 8.28. The van der Waals surface area contributed by atoms with E-state index in [4.69, 9.17) is 4.74 Å². The molecule has 0 saturated carbocycles. The number of methoxy groups -OCH3 is 1. The van der Waals surface area contributed by atoms with Gasteiger partial charge in [0.1, 0.15) is 0 Å². The van der Waals surface area contributed by atoms with Crippen LogP contribution in [0, 0.1) is 6.92 Å². The fourth-order valence-corrected chi connectivity index (χ4v) is 1.41. The molecule has 0 saturated heterocycles. The van der Waals surface area contributed by atoms with E-state index in [1.807, 2.05) is 19.1 Å². The first kappa shape index (κ1) is 11.3. The van der Waals surface area contributed by atoms with Gasteiger partial charge in [0.2, 0.25) is 11.8 Å². The number of nitrogens with zero attached hydrogens (tertiary/aromatic N) is 3. The second kappa shape index (κ2) is 5.25. The molecule has 0 bridgehead atoms. The van der Waals surface area contributed by atoms with Crippen molar-refractivity contribution < 1.29 is 4.74 Å². The maximum Gasteiger partial charge on any atom is 0.226 e. The summed E-state index contributed by atoms with van der Waals surface area (Å²) >= 11 is 0. The zero-order valence-corrected chi connectivity index (χ0v) is 9.84. The lowest BCUT2D eigenvalue weighted by Gasteiger charge is -2.07. The summed E-state index contributed by atoms with van der Waals surface area (Å²) in [5.74, 6) is 1.13. The lowest BCUT2D eigenvalue weighted by molar-refractivity contribution is 0.397. The maximum atomic E-state index is 5.09. The molecule has 0 aromatic carbocycles. The van der Waals surface area contributed by atoms with Crippen LogP contribution in [0.1, 0.15) is 11.3 Å². The Morgan fingerprint density at radius 3 is 2.71 bits per heavy atom. The predicted molar refractivity (Wildman–Crippen MR) is 64.9 cm³/mol. The quantitative estimate of drug-likeness (QED) is 0.867. The van der Waals surface area contributed by atoms with Gasteiger partial charge in [0, 0.05) is 30.7 Å². The molecule has 0 spiro atoms. The summed E-state index contributed by atoms with van der Waals surface area (Å²) < 4.78 is 5.09. The van der Waals surface area contributed by atoms with Gasteiger partial charge < -0.3 is 10.1 Å². The Hall–Kier alpha value is -2.17. The second-order valence-electron chi connectivity index (χ2n) is 3.58. The maximum absolute atomic E-state index is 5.09. The van der Waals surface area contributed by atoms with Gasteiger partial charge in [-0.25, -0.2) is 4.98 Å². The Kier molecular flexibility index (Phi) is 3.49. The molecule has 0 aliphatic carbocycles. The predicted octanol–water partition coefficient (Wildman–Crippen LogP) is 1.80. The van der Waals surface area contributed by atoms with E-state index in [1.165, 1.54) is 0 Å². The molecule has 0 radical (unpaired) electrons. The molecule has 0 aliphatic heterocycles. The minimum atomic E-state index is 0.565. The number of hydrogen-bond acceptors (Lipinski definition) is 5. The second-order valence-corrected chi connectivity index (χ2v) is 3.58. The van der Waals surface area contributed by atoms with Crippen LogP contribution < -0.4 is 10.1 Å². The first-order valence-corrected chi connectivity index (χ1v) is 5.30. The van der Waals surface area contributed by atoms with E-state index < -0.39 is 0 Å². The Morgan fingerprint density at radius 2 is 2.00 bits per heavy atom. The van der Waals surface area contributed by atoms with Gasteiger partial charge >= 0.3 is 0 Å². The van der Waals surface area contributed by atoms with Gasteiger partial charge in [-0.3, -0.25) is 4.98 Å². The van der Waals surface area contributed by atoms with Crippen molar-refractivity contribution in [2.75, 3.05) is 12.4 Å². The van der Waals surface area contributed by atoms with Crippen molar-refractivity contribution in [2.24, 2.45) is 0 Å². The Bertz CT molecular complexity index is 487. The van der Waals surface area contributed by atoms with Crippen molar-refractivity contribution in [3.05, 3.63) is 41.9 Å². The lowest BCUT2D eigenvalue weighted by atomic mass is 10.3. The minimum absolute atomic E-state index is 0.565. The smallest absolute Gasteiger partial charge is 0.226 e. The van der Waals surface area contributed by atoms with Gasteiger partial charge in [0.15, 0.2) is 0 Å². The highest BCUT2D eigenvalue weighted by atomic mass is 16.5. The van der Waals surface area contributed by atoms with Crippen molar-refractivity contribution in [1.29, 1.82) is 0 Å². The number of hydrogen-bond donors (Lipinski definition) is 1. The lowest BCUT2D eigenvalue weighted by Crippen LogP contribution is -2.05. The molecular weight excluding hydrogens is 216 g/mol. The molecule has 0 unspecified atom stereocenters. The average molecular weight is 230 g/mol. The largest absolute Gasteiger partial charge is 0.481 e. The van der Waals surface area contributed by atoms with E-state index in [9.17, 15) is 0 Å². The van der Waals surface area contributed by atoms with Crippen LogP contribution in [0.25, 0.3) is 0 Å². The summed E-state index contributed by atoms with van der Waals surface area (Å²) in [7, 11) is 1.59.